The predicted octanol–water partition coefficient (Wildman–Crippen LogP) is 1.58. The SMILES string of the molecule is CC(C)(C)Nc1ccc(C(=N)N)cn1. The van der Waals surface area contributed by atoms with Crippen molar-refractivity contribution in [2.75, 3.05) is 5.32 Å². The van der Waals surface area contributed by atoms with Crippen molar-refractivity contribution in [3.8, 4) is 0 Å². The molecule has 0 amide bonds. The molecule has 1 aromatic rings. The largest absolute Gasteiger partial charge is 0.384 e. The van der Waals surface area contributed by atoms with Crippen LogP contribution in [0.5, 0.6) is 0 Å². The van der Waals surface area contributed by atoms with Crippen molar-refractivity contribution in [3.05, 3.63) is 23.9 Å². The molecule has 1 aromatic heterocycles. The highest BCUT2D eigenvalue weighted by molar-refractivity contribution is 5.94. The molecule has 0 unspecified atom stereocenters. The Morgan fingerprint density at radius 2 is 2.07 bits per heavy atom. The average Bonchev–Trinajstić information content (AvgIpc) is 2.02. The molecule has 0 fully saturated rings. The van der Waals surface area contributed by atoms with Gasteiger partial charge in [0.1, 0.15) is 11.7 Å². The Morgan fingerprint density at radius 3 is 2.43 bits per heavy atom. The van der Waals surface area contributed by atoms with E-state index in [4.69, 9.17) is 11.1 Å². The zero-order valence-corrected chi connectivity index (χ0v) is 8.76. The second kappa shape index (κ2) is 3.65. The minimum atomic E-state index is -0.00919. The normalized spacial score (nSPS) is 11.1. The van der Waals surface area contributed by atoms with E-state index in [0.29, 0.717) is 5.56 Å². The minimum Gasteiger partial charge on any atom is -0.384 e. The Hall–Kier alpha value is -1.58. The van der Waals surface area contributed by atoms with Gasteiger partial charge >= 0.3 is 0 Å². The summed E-state index contributed by atoms with van der Waals surface area (Å²) in [7, 11) is 0. The Balaban J connectivity index is 2.79. The van der Waals surface area contributed by atoms with Crippen LogP contribution in [0.15, 0.2) is 18.3 Å². The van der Waals surface area contributed by atoms with E-state index in [1.165, 1.54) is 0 Å². The topological polar surface area (TPSA) is 74.8 Å². The molecule has 0 radical (unpaired) electrons. The number of rotatable bonds is 2. The molecule has 0 aliphatic carbocycles. The van der Waals surface area contributed by atoms with Gasteiger partial charge in [-0.1, -0.05) is 0 Å². The monoisotopic (exact) mass is 192 g/mol. The Bertz CT molecular complexity index is 321. The summed E-state index contributed by atoms with van der Waals surface area (Å²) in [6.07, 6.45) is 1.59. The smallest absolute Gasteiger partial charge is 0.126 e. The fraction of sp³-hybridized carbons (Fsp3) is 0.400. The molecular weight excluding hydrogens is 176 g/mol. The maximum Gasteiger partial charge on any atom is 0.126 e. The van der Waals surface area contributed by atoms with Crippen LogP contribution < -0.4 is 11.1 Å². The third-order valence-electron chi connectivity index (χ3n) is 1.58. The van der Waals surface area contributed by atoms with Crippen molar-refractivity contribution in [1.82, 2.24) is 4.98 Å². The maximum absolute atomic E-state index is 7.20. The number of nitrogens with one attached hydrogen (secondary N) is 2. The van der Waals surface area contributed by atoms with E-state index >= 15 is 0 Å². The van der Waals surface area contributed by atoms with E-state index in [9.17, 15) is 0 Å². The van der Waals surface area contributed by atoms with Crippen molar-refractivity contribution in [1.29, 1.82) is 5.41 Å². The number of anilines is 1. The highest BCUT2D eigenvalue weighted by Crippen LogP contribution is 2.11. The number of nitrogens with zero attached hydrogens (tertiary/aromatic N) is 1. The fourth-order valence-electron chi connectivity index (χ4n) is 1.01. The van der Waals surface area contributed by atoms with Crippen molar-refractivity contribution in [3.63, 3.8) is 0 Å². The molecule has 0 aliphatic rings. The molecule has 4 nitrogen and oxygen atoms in total. The molecule has 1 rings (SSSR count). The van der Waals surface area contributed by atoms with Gasteiger partial charge in [0, 0.05) is 17.3 Å². The lowest BCUT2D eigenvalue weighted by Gasteiger charge is -2.21. The van der Waals surface area contributed by atoms with Gasteiger partial charge in [-0.3, -0.25) is 5.41 Å². The lowest BCUT2D eigenvalue weighted by Crippen LogP contribution is -2.26. The summed E-state index contributed by atoms with van der Waals surface area (Å²) in [4.78, 5) is 4.15. The summed E-state index contributed by atoms with van der Waals surface area (Å²) in [6, 6.07) is 3.60. The van der Waals surface area contributed by atoms with Crippen molar-refractivity contribution in [2.45, 2.75) is 26.3 Å². The van der Waals surface area contributed by atoms with Crippen molar-refractivity contribution >= 4 is 11.7 Å². The first kappa shape index (κ1) is 10.5. The minimum absolute atomic E-state index is 0.00919. The van der Waals surface area contributed by atoms with Gasteiger partial charge in [-0.25, -0.2) is 4.98 Å². The van der Waals surface area contributed by atoms with Gasteiger partial charge in [0.15, 0.2) is 0 Å². The number of hydrogen-bond donors (Lipinski definition) is 3. The molecule has 0 saturated heterocycles. The molecular formula is C10H16N4. The average molecular weight is 192 g/mol. The lowest BCUT2D eigenvalue weighted by molar-refractivity contribution is 0.630. The maximum atomic E-state index is 7.20. The van der Waals surface area contributed by atoms with Gasteiger partial charge in [0.05, 0.1) is 0 Å². The first-order valence-corrected chi connectivity index (χ1v) is 4.47. The Morgan fingerprint density at radius 1 is 1.43 bits per heavy atom. The number of hydrogen-bond acceptors (Lipinski definition) is 3. The van der Waals surface area contributed by atoms with E-state index in [0.717, 1.165) is 5.82 Å². The third kappa shape index (κ3) is 3.05. The van der Waals surface area contributed by atoms with E-state index in [2.05, 4.69) is 31.1 Å². The highest BCUT2D eigenvalue weighted by Gasteiger charge is 2.09. The van der Waals surface area contributed by atoms with Crippen LogP contribution in [0.2, 0.25) is 0 Å². The quantitative estimate of drug-likeness (QED) is 0.492. The molecule has 0 aromatic carbocycles. The molecule has 4 heteroatoms. The highest BCUT2D eigenvalue weighted by atomic mass is 15.0. The molecule has 4 N–H and O–H groups in total. The van der Waals surface area contributed by atoms with Crippen LogP contribution in [0.25, 0.3) is 0 Å². The van der Waals surface area contributed by atoms with E-state index in [1.54, 1.807) is 12.3 Å². The van der Waals surface area contributed by atoms with Crippen LogP contribution in [-0.4, -0.2) is 16.4 Å². The van der Waals surface area contributed by atoms with Crippen molar-refractivity contribution < 1.29 is 0 Å². The van der Waals surface area contributed by atoms with Crippen LogP contribution in [0, 0.1) is 5.41 Å². The van der Waals surface area contributed by atoms with E-state index < -0.39 is 0 Å². The summed E-state index contributed by atoms with van der Waals surface area (Å²) in [5, 5.41) is 10.4. The predicted molar refractivity (Wildman–Crippen MR) is 58.6 cm³/mol. The van der Waals surface area contributed by atoms with Crippen LogP contribution in [0.3, 0.4) is 0 Å². The fourth-order valence-corrected chi connectivity index (χ4v) is 1.01. The number of aromatic nitrogens is 1. The number of nitrogen functional groups attached to an aromatic ring is 1. The summed E-state index contributed by atoms with van der Waals surface area (Å²) in [5.41, 5.74) is 5.95. The van der Waals surface area contributed by atoms with Gasteiger partial charge in [-0.05, 0) is 32.9 Å². The van der Waals surface area contributed by atoms with Crippen LogP contribution in [0.1, 0.15) is 26.3 Å². The lowest BCUT2D eigenvalue weighted by atomic mass is 10.1. The standard InChI is InChI=1S/C10H16N4/c1-10(2,3)14-8-5-4-7(6-13-8)9(11)12/h4-6H,1-3H3,(H3,11,12)(H,13,14). The molecule has 0 aliphatic heterocycles. The van der Waals surface area contributed by atoms with Crippen LogP contribution in [-0.2, 0) is 0 Å². The van der Waals surface area contributed by atoms with E-state index in [1.807, 2.05) is 6.07 Å². The number of pyridine rings is 1. The van der Waals surface area contributed by atoms with Crippen LogP contribution >= 0.6 is 0 Å². The summed E-state index contributed by atoms with van der Waals surface area (Å²) in [5.74, 6) is 0.835. The molecule has 1 heterocycles. The molecule has 0 saturated carbocycles. The molecule has 0 atom stereocenters. The third-order valence-corrected chi connectivity index (χ3v) is 1.58. The number of nitrogens with two attached hydrogens (primary N) is 1. The summed E-state index contributed by atoms with van der Waals surface area (Å²) in [6.45, 7) is 6.19. The summed E-state index contributed by atoms with van der Waals surface area (Å²) < 4.78 is 0. The van der Waals surface area contributed by atoms with Gasteiger partial charge in [-0.15, -0.1) is 0 Å². The molecule has 0 bridgehead atoms. The van der Waals surface area contributed by atoms with Gasteiger partial charge in [0.25, 0.3) is 0 Å². The van der Waals surface area contributed by atoms with Crippen molar-refractivity contribution in [2.24, 2.45) is 5.73 Å². The Kier molecular flexibility index (Phi) is 2.74. The first-order valence-electron chi connectivity index (χ1n) is 4.47. The second-order valence-electron chi connectivity index (χ2n) is 4.22. The number of amidine groups is 1. The molecule has 76 valence electrons. The first-order chi connectivity index (χ1) is 6.38. The van der Waals surface area contributed by atoms with Gasteiger partial charge < -0.3 is 11.1 Å². The summed E-state index contributed by atoms with van der Waals surface area (Å²) >= 11 is 0. The molecule has 14 heavy (non-hydrogen) atoms. The van der Waals surface area contributed by atoms with Gasteiger partial charge in [0.2, 0.25) is 0 Å². The second-order valence-corrected chi connectivity index (χ2v) is 4.22. The van der Waals surface area contributed by atoms with Gasteiger partial charge in [-0.2, -0.15) is 0 Å². The Labute approximate surface area is 84.1 Å². The molecule has 0 spiro atoms. The van der Waals surface area contributed by atoms with E-state index in [-0.39, 0.29) is 11.4 Å². The van der Waals surface area contributed by atoms with Crippen LogP contribution in [0.4, 0.5) is 5.82 Å². The zero-order chi connectivity index (χ0) is 10.8. The zero-order valence-electron chi connectivity index (χ0n) is 8.76.